The molecule has 1 aliphatic rings. The number of ether oxygens (including phenoxy) is 1. The molecule has 5 nitrogen and oxygen atoms in total. The van der Waals surface area contributed by atoms with E-state index in [0.29, 0.717) is 0 Å². The highest BCUT2D eigenvalue weighted by Crippen LogP contribution is 2.28. The molecule has 1 heterocycles. The largest absolute Gasteiger partial charge is 0.379 e. The first-order chi connectivity index (χ1) is 9.72. The Bertz CT molecular complexity index is 420. The van der Waals surface area contributed by atoms with Gasteiger partial charge < -0.3 is 15.0 Å². The van der Waals surface area contributed by atoms with E-state index < -0.39 is 0 Å². The molecule has 1 saturated carbocycles. The summed E-state index contributed by atoms with van der Waals surface area (Å²) in [5.74, 6) is 3.57. The molecule has 1 aromatic rings. The Hall–Kier alpha value is -1.36. The van der Waals surface area contributed by atoms with Crippen molar-refractivity contribution in [1.82, 2.24) is 9.97 Å². The lowest BCUT2D eigenvalue weighted by Gasteiger charge is -2.19. The fourth-order valence-electron chi connectivity index (χ4n) is 1.96. The van der Waals surface area contributed by atoms with Crippen molar-refractivity contribution in [3.8, 4) is 0 Å². The van der Waals surface area contributed by atoms with Crippen molar-refractivity contribution in [2.24, 2.45) is 5.92 Å². The molecule has 0 unspecified atom stereocenters. The van der Waals surface area contributed by atoms with Crippen LogP contribution in [0.3, 0.4) is 0 Å². The zero-order valence-electron chi connectivity index (χ0n) is 12.9. The van der Waals surface area contributed by atoms with E-state index in [2.05, 4.69) is 41.1 Å². The molecule has 5 heteroatoms. The maximum Gasteiger partial charge on any atom is 0.134 e. The molecule has 2 rings (SSSR count). The Balaban J connectivity index is 1.88. The maximum atomic E-state index is 5.68. The Morgan fingerprint density at radius 3 is 2.80 bits per heavy atom. The van der Waals surface area contributed by atoms with Gasteiger partial charge in [0.05, 0.1) is 6.61 Å². The first-order valence-electron chi connectivity index (χ1n) is 7.63. The molecule has 1 aliphatic carbocycles. The molecular formula is C15H26N4O. The molecule has 1 N–H and O–H groups in total. The topological polar surface area (TPSA) is 50.3 Å². The monoisotopic (exact) mass is 278 g/mol. The number of likely N-dealkylation sites (N-methyl/N-ethyl adjacent to an activating group) is 1. The van der Waals surface area contributed by atoms with Gasteiger partial charge in [-0.25, -0.2) is 9.97 Å². The standard InChI is InChI=1S/C15H26N4O/c1-4-13-17-14(16-5-2)10-15(18-13)19(3)8-9-20-11-12-6-7-12/h10,12H,4-9,11H2,1-3H3,(H,16,17,18). The van der Waals surface area contributed by atoms with Gasteiger partial charge in [0.15, 0.2) is 0 Å². The molecule has 0 saturated heterocycles. The van der Waals surface area contributed by atoms with Gasteiger partial charge in [-0.15, -0.1) is 0 Å². The molecular weight excluding hydrogens is 252 g/mol. The lowest BCUT2D eigenvalue weighted by molar-refractivity contribution is 0.131. The van der Waals surface area contributed by atoms with Crippen LogP contribution in [0.1, 0.15) is 32.5 Å². The number of aromatic nitrogens is 2. The molecule has 0 spiro atoms. The lowest BCUT2D eigenvalue weighted by Crippen LogP contribution is -2.24. The summed E-state index contributed by atoms with van der Waals surface area (Å²) >= 11 is 0. The van der Waals surface area contributed by atoms with Crippen LogP contribution in [-0.2, 0) is 11.2 Å². The second-order valence-electron chi connectivity index (χ2n) is 5.35. The Labute approximate surface area is 121 Å². The van der Waals surface area contributed by atoms with Crippen LogP contribution in [0, 0.1) is 5.92 Å². The third-order valence-electron chi connectivity index (χ3n) is 3.45. The SMILES string of the molecule is CCNc1cc(N(C)CCOCC2CC2)nc(CC)n1. The highest BCUT2D eigenvalue weighted by molar-refractivity contribution is 5.49. The molecule has 112 valence electrons. The highest BCUT2D eigenvalue weighted by atomic mass is 16.5. The Morgan fingerprint density at radius 2 is 2.15 bits per heavy atom. The van der Waals surface area contributed by atoms with E-state index in [1.54, 1.807) is 0 Å². The van der Waals surface area contributed by atoms with Crippen molar-refractivity contribution in [2.45, 2.75) is 33.1 Å². The lowest BCUT2D eigenvalue weighted by atomic mass is 10.4. The normalized spacial score (nSPS) is 14.3. The van der Waals surface area contributed by atoms with E-state index in [4.69, 9.17) is 4.74 Å². The van der Waals surface area contributed by atoms with Gasteiger partial charge >= 0.3 is 0 Å². The van der Waals surface area contributed by atoms with Crippen LogP contribution in [0.2, 0.25) is 0 Å². The van der Waals surface area contributed by atoms with E-state index in [1.807, 2.05) is 6.07 Å². The average molecular weight is 278 g/mol. The van der Waals surface area contributed by atoms with Gasteiger partial charge in [0.25, 0.3) is 0 Å². The van der Waals surface area contributed by atoms with Crippen LogP contribution >= 0.6 is 0 Å². The third-order valence-corrected chi connectivity index (χ3v) is 3.45. The summed E-state index contributed by atoms with van der Waals surface area (Å²) in [6.07, 6.45) is 3.53. The van der Waals surface area contributed by atoms with Crippen LogP contribution in [0.5, 0.6) is 0 Å². The summed E-state index contributed by atoms with van der Waals surface area (Å²) in [4.78, 5) is 11.2. The number of nitrogens with zero attached hydrogens (tertiary/aromatic N) is 3. The Kier molecular flexibility index (Phi) is 5.59. The van der Waals surface area contributed by atoms with E-state index in [0.717, 1.165) is 56.1 Å². The zero-order chi connectivity index (χ0) is 14.4. The molecule has 0 bridgehead atoms. The number of rotatable bonds is 9. The van der Waals surface area contributed by atoms with E-state index in [9.17, 15) is 0 Å². The summed E-state index contributed by atoms with van der Waals surface area (Å²) in [6, 6.07) is 2.00. The second-order valence-corrected chi connectivity index (χ2v) is 5.35. The van der Waals surface area contributed by atoms with Crippen LogP contribution in [0.4, 0.5) is 11.6 Å². The third kappa shape index (κ3) is 4.63. The summed E-state index contributed by atoms with van der Waals surface area (Å²) in [5.41, 5.74) is 0. The van der Waals surface area contributed by atoms with Gasteiger partial charge in [-0.1, -0.05) is 6.92 Å². The first-order valence-corrected chi connectivity index (χ1v) is 7.63. The smallest absolute Gasteiger partial charge is 0.134 e. The quantitative estimate of drug-likeness (QED) is 0.703. The highest BCUT2D eigenvalue weighted by Gasteiger charge is 2.21. The number of nitrogens with one attached hydrogen (secondary N) is 1. The van der Waals surface area contributed by atoms with Crippen LogP contribution in [0.25, 0.3) is 0 Å². The Morgan fingerprint density at radius 1 is 1.35 bits per heavy atom. The average Bonchev–Trinajstić information content (AvgIpc) is 3.27. The van der Waals surface area contributed by atoms with Crippen molar-refractivity contribution in [2.75, 3.05) is 43.6 Å². The summed E-state index contributed by atoms with van der Waals surface area (Å²) in [7, 11) is 2.05. The fourth-order valence-corrected chi connectivity index (χ4v) is 1.96. The van der Waals surface area contributed by atoms with Gasteiger partial charge in [0.2, 0.25) is 0 Å². The summed E-state index contributed by atoms with van der Waals surface area (Å²) in [5, 5.41) is 3.26. The van der Waals surface area contributed by atoms with E-state index >= 15 is 0 Å². The number of anilines is 2. The van der Waals surface area contributed by atoms with Crippen LogP contribution < -0.4 is 10.2 Å². The molecule has 0 amide bonds. The first kappa shape index (κ1) is 15.0. The zero-order valence-corrected chi connectivity index (χ0v) is 12.9. The molecule has 1 fully saturated rings. The van der Waals surface area contributed by atoms with Crippen molar-refractivity contribution in [3.63, 3.8) is 0 Å². The molecule has 20 heavy (non-hydrogen) atoms. The predicted octanol–water partition coefficient (Wildman–Crippen LogP) is 2.33. The summed E-state index contributed by atoms with van der Waals surface area (Å²) < 4.78 is 5.68. The minimum atomic E-state index is 0.759. The molecule has 0 aliphatic heterocycles. The van der Waals surface area contributed by atoms with Gasteiger partial charge in [-0.3, -0.25) is 0 Å². The molecule has 0 radical (unpaired) electrons. The summed E-state index contributed by atoms with van der Waals surface area (Å²) in [6.45, 7) is 7.55. The minimum absolute atomic E-state index is 0.759. The van der Waals surface area contributed by atoms with Crippen LogP contribution in [-0.4, -0.2) is 43.3 Å². The van der Waals surface area contributed by atoms with Crippen molar-refractivity contribution >= 4 is 11.6 Å². The van der Waals surface area contributed by atoms with Crippen molar-refractivity contribution in [3.05, 3.63) is 11.9 Å². The fraction of sp³-hybridized carbons (Fsp3) is 0.733. The van der Waals surface area contributed by atoms with Gasteiger partial charge in [-0.05, 0) is 25.7 Å². The second kappa shape index (κ2) is 7.43. The van der Waals surface area contributed by atoms with Gasteiger partial charge in [0.1, 0.15) is 17.5 Å². The number of aryl methyl sites for hydroxylation is 1. The molecule has 1 aromatic heterocycles. The van der Waals surface area contributed by atoms with E-state index in [1.165, 1.54) is 12.8 Å². The van der Waals surface area contributed by atoms with Crippen molar-refractivity contribution in [1.29, 1.82) is 0 Å². The number of hydrogen-bond acceptors (Lipinski definition) is 5. The molecule has 0 atom stereocenters. The van der Waals surface area contributed by atoms with Crippen LogP contribution in [0.15, 0.2) is 6.07 Å². The maximum absolute atomic E-state index is 5.68. The van der Waals surface area contributed by atoms with Gasteiger partial charge in [0, 0.05) is 39.2 Å². The predicted molar refractivity (Wildman–Crippen MR) is 82.4 cm³/mol. The van der Waals surface area contributed by atoms with Crippen molar-refractivity contribution < 1.29 is 4.74 Å². The van der Waals surface area contributed by atoms with E-state index in [-0.39, 0.29) is 0 Å². The number of hydrogen-bond donors (Lipinski definition) is 1. The minimum Gasteiger partial charge on any atom is -0.379 e. The van der Waals surface area contributed by atoms with Gasteiger partial charge in [-0.2, -0.15) is 0 Å². The molecule has 0 aromatic carbocycles.